The largest absolute Gasteiger partial charge is 0.495 e. The van der Waals surface area contributed by atoms with Crippen LogP contribution in [0.3, 0.4) is 0 Å². The van der Waals surface area contributed by atoms with Crippen molar-refractivity contribution in [3.63, 3.8) is 0 Å². The van der Waals surface area contributed by atoms with Crippen LogP contribution in [0.4, 0.5) is 18.9 Å². The van der Waals surface area contributed by atoms with Gasteiger partial charge in [0.25, 0.3) is 5.91 Å². The van der Waals surface area contributed by atoms with Crippen LogP contribution >= 0.6 is 0 Å². The number of amides is 1. The number of benzene rings is 2. The van der Waals surface area contributed by atoms with Crippen LogP contribution in [0.2, 0.25) is 0 Å². The van der Waals surface area contributed by atoms with Crippen LogP contribution in [0.25, 0.3) is 0 Å². The smallest absolute Gasteiger partial charge is 0.451 e. The Morgan fingerprint density at radius 3 is 2.53 bits per heavy atom. The maximum atomic E-state index is 13.1. The summed E-state index contributed by atoms with van der Waals surface area (Å²) in [4.78, 5) is 24.0. The van der Waals surface area contributed by atoms with Gasteiger partial charge in [0.05, 0.1) is 25.0 Å². The molecule has 5 rings (SSSR count). The number of aromatic nitrogens is 2. The maximum absolute atomic E-state index is 13.1. The highest BCUT2D eigenvalue weighted by Gasteiger charge is 2.38. The SMILES string of the molecule is COc1ccccc1NCCCOc1ccc([C@H]2CCC[C@H]3CN(C(=O)c4cnc(C(F)(F)F)nc4)CCN32)c(C)c1C. The van der Waals surface area contributed by atoms with Crippen molar-refractivity contribution in [2.45, 2.75) is 57.8 Å². The van der Waals surface area contributed by atoms with Gasteiger partial charge < -0.3 is 19.7 Å². The highest BCUT2D eigenvalue weighted by Crippen LogP contribution is 2.39. The first-order valence-corrected chi connectivity index (χ1v) is 14.7. The van der Waals surface area contributed by atoms with Crippen molar-refractivity contribution in [1.82, 2.24) is 19.8 Å². The van der Waals surface area contributed by atoms with E-state index in [0.29, 0.717) is 26.2 Å². The number of piperazine rings is 1. The van der Waals surface area contributed by atoms with Crippen molar-refractivity contribution >= 4 is 11.6 Å². The maximum Gasteiger partial charge on any atom is 0.451 e. The highest BCUT2D eigenvalue weighted by atomic mass is 19.4. The molecule has 0 radical (unpaired) electrons. The summed E-state index contributed by atoms with van der Waals surface area (Å²) in [5.41, 5.74) is 4.67. The predicted molar refractivity (Wildman–Crippen MR) is 158 cm³/mol. The second-order valence-electron chi connectivity index (χ2n) is 11.1. The van der Waals surface area contributed by atoms with Gasteiger partial charge in [0.1, 0.15) is 11.5 Å². The lowest BCUT2D eigenvalue weighted by molar-refractivity contribution is -0.145. The van der Waals surface area contributed by atoms with Gasteiger partial charge in [0, 0.05) is 50.7 Å². The van der Waals surface area contributed by atoms with E-state index in [2.05, 4.69) is 46.2 Å². The zero-order valence-corrected chi connectivity index (χ0v) is 24.8. The number of fused-ring (bicyclic) bond motifs is 1. The van der Waals surface area contributed by atoms with Crippen molar-refractivity contribution < 1.29 is 27.4 Å². The quantitative estimate of drug-likeness (QED) is 0.301. The van der Waals surface area contributed by atoms with Crippen LogP contribution in [0.15, 0.2) is 48.8 Å². The summed E-state index contributed by atoms with van der Waals surface area (Å²) in [6.45, 7) is 7.32. The minimum Gasteiger partial charge on any atom is -0.495 e. The zero-order chi connectivity index (χ0) is 30.6. The van der Waals surface area contributed by atoms with E-state index in [1.54, 1.807) is 12.0 Å². The van der Waals surface area contributed by atoms with Crippen LogP contribution in [0.5, 0.6) is 11.5 Å². The molecule has 43 heavy (non-hydrogen) atoms. The molecule has 11 heteroatoms. The van der Waals surface area contributed by atoms with E-state index in [0.717, 1.165) is 67.4 Å². The number of hydrogen-bond donors (Lipinski definition) is 1. The molecule has 0 unspecified atom stereocenters. The third kappa shape index (κ3) is 6.87. The van der Waals surface area contributed by atoms with E-state index in [-0.39, 0.29) is 23.6 Å². The Labute approximate surface area is 250 Å². The third-order valence-corrected chi connectivity index (χ3v) is 8.52. The van der Waals surface area contributed by atoms with Crippen molar-refractivity contribution in [3.8, 4) is 11.5 Å². The molecule has 0 bridgehead atoms. The Balaban J connectivity index is 1.17. The number of carbonyl (C=O) groups is 1. The van der Waals surface area contributed by atoms with Gasteiger partial charge in [-0.2, -0.15) is 13.2 Å². The lowest BCUT2D eigenvalue weighted by Crippen LogP contribution is -2.57. The van der Waals surface area contributed by atoms with Crippen LogP contribution in [0.1, 0.15) is 64.6 Å². The monoisotopic (exact) mass is 597 g/mol. The normalized spacial score (nSPS) is 19.1. The number of ether oxygens (including phenoxy) is 2. The first kappa shape index (κ1) is 30.6. The topological polar surface area (TPSA) is 79.8 Å². The zero-order valence-electron chi connectivity index (χ0n) is 24.8. The summed E-state index contributed by atoms with van der Waals surface area (Å²) in [5.74, 6) is 0.131. The Morgan fingerprint density at radius 2 is 1.79 bits per heavy atom. The fourth-order valence-corrected chi connectivity index (χ4v) is 6.14. The lowest BCUT2D eigenvalue weighted by atomic mass is 9.86. The van der Waals surface area contributed by atoms with Crippen LogP contribution < -0.4 is 14.8 Å². The number of methoxy groups -OCH3 is 1. The Morgan fingerprint density at radius 1 is 1.02 bits per heavy atom. The molecule has 2 atom stereocenters. The predicted octanol–water partition coefficient (Wildman–Crippen LogP) is 6.05. The highest BCUT2D eigenvalue weighted by molar-refractivity contribution is 5.93. The second kappa shape index (κ2) is 13.2. The average Bonchev–Trinajstić information content (AvgIpc) is 3.02. The van der Waals surface area contributed by atoms with Crippen LogP contribution in [-0.2, 0) is 6.18 Å². The molecule has 1 amide bonds. The minimum absolute atomic E-state index is 0.0754. The standard InChI is InChI=1S/C32H38F3N5O3/c1-21-22(2)28(43-17-7-14-36-26-9-4-5-11-29(26)42-3)13-12-25(21)27-10-6-8-24-20-39(15-16-40(24)27)30(41)23-18-37-31(38-19-23)32(33,34)35/h4-5,9,11-13,18-19,24,27,36H,6-8,10,14-17,20H2,1-3H3/t24-,27+/m0/s1. The van der Waals surface area contributed by atoms with Crippen molar-refractivity contribution in [2.75, 3.05) is 45.2 Å². The van der Waals surface area contributed by atoms with E-state index >= 15 is 0 Å². The molecule has 2 saturated heterocycles. The molecule has 8 nitrogen and oxygen atoms in total. The second-order valence-corrected chi connectivity index (χ2v) is 11.1. The molecule has 3 aromatic rings. The minimum atomic E-state index is -4.64. The van der Waals surface area contributed by atoms with E-state index in [1.165, 1.54) is 11.1 Å². The number of nitrogens with one attached hydrogen (secondary N) is 1. The van der Waals surface area contributed by atoms with Gasteiger partial charge in [0.15, 0.2) is 0 Å². The Hall–Kier alpha value is -3.86. The molecule has 2 aliphatic heterocycles. The van der Waals surface area contributed by atoms with Gasteiger partial charge >= 0.3 is 6.18 Å². The molecule has 2 aliphatic rings. The van der Waals surface area contributed by atoms with E-state index in [9.17, 15) is 18.0 Å². The first-order chi connectivity index (χ1) is 20.7. The number of halogens is 3. The number of rotatable bonds is 9. The number of hydrogen-bond acceptors (Lipinski definition) is 7. The summed E-state index contributed by atoms with van der Waals surface area (Å²) in [5, 5.41) is 3.40. The molecule has 0 spiro atoms. The number of carbonyl (C=O) groups excluding carboxylic acids is 1. The summed E-state index contributed by atoms with van der Waals surface area (Å²) in [7, 11) is 1.66. The molecule has 1 N–H and O–H groups in total. The summed E-state index contributed by atoms with van der Waals surface area (Å²) < 4.78 is 50.1. The fourth-order valence-electron chi connectivity index (χ4n) is 6.14. The fraction of sp³-hybridized carbons (Fsp3) is 0.469. The average molecular weight is 598 g/mol. The van der Waals surface area contributed by atoms with Gasteiger partial charge in [-0.1, -0.05) is 18.2 Å². The summed E-state index contributed by atoms with van der Waals surface area (Å²) in [6, 6.07) is 12.5. The summed E-state index contributed by atoms with van der Waals surface area (Å²) in [6.07, 6.45) is 1.18. The summed E-state index contributed by atoms with van der Waals surface area (Å²) >= 11 is 0. The van der Waals surface area contributed by atoms with Crippen LogP contribution in [0, 0.1) is 13.8 Å². The van der Waals surface area contributed by atoms with Gasteiger partial charge in [0.2, 0.25) is 5.82 Å². The van der Waals surface area contributed by atoms with E-state index < -0.39 is 12.0 Å². The number of anilines is 1. The molecule has 1 aromatic heterocycles. The molecule has 0 aliphatic carbocycles. The molecule has 0 saturated carbocycles. The number of para-hydroxylation sites is 2. The first-order valence-electron chi connectivity index (χ1n) is 14.7. The van der Waals surface area contributed by atoms with E-state index in [4.69, 9.17) is 9.47 Å². The van der Waals surface area contributed by atoms with Gasteiger partial charge in [-0.25, -0.2) is 9.97 Å². The number of alkyl halides is 3. The van der Waals surface area contributed by atoms with Crippen LogP contribution in [-0.4, -0.2) is 71.6 Å². The molecule has 2 fully saturated rings. The number of piperidine rings is 1. The van der Waals surface area contributed by atoms with Crippen molar-refractivity contribution in [2.24, 2.45) is 0 Å². The van der Waals surface area contributed by atoms with Gasteiger partial charge in [-0.05, 0) is 74.4 Å². The Bertz CT molecular complexity index is 1420. The van der Waals surface area contributed by atoms with Gasteiger partial charge in [-0.15, -0.1) is 0 Å². The van der Waals surface area contributed by atoms with E-state index in [1.807, 2.05) is 24.3 Å². The number of nitrogens with zero attached hydrogens (tertiary/aromatic N) is 4. The molecular formula is C32H38F3N5O3. The molecule has 3 heterocycles. The third-order valence-electron chi connectivity index (χ3n) is 8.52. The Kier molecular flexibility index (Phi) is 9.39. The van der Waals surface area contributed by atoms with Crippen molar-refractivity contribution in [1.29, 1.82) is 0 Å². The molecular weight excluding hydrogens is 559 g/mol. The van der Waals surface area contributed by atoms with Gasteiger partial charge in [-0.3, -0.25) is 9.69 Å². The van der Waals surface area contributed by atoms with Crippen molar-refractivity contribution in [3.05, 3.63) is 76.9 Å². The lowest BCUT2D eigenvalue weighted by Gasteiger charge is -2.48. The molecule has 2 aromatic carbocycles. The molecule has 230 valence electrons.